The van der Waals surface area contributed by atoms with Gasteiger partial charge in [0.2, 0.25) is 0 Å². The Hall–Kier alpha value is -3.28. The van der Waals surface area contributed by atoms with Crippen LogP contribution in [0.3, 0.4) is 0 Å². The molecular formula is C33H39NO4. The van der Waals surface area contributed by atoms with E-state index < -0.39 is 34.7 Å². The van der Waals surface area contributed by atoms with E-state index in [2.05, 4.69) is 41.7 Å². The number of hydrogen-bond donors (Lipinski definition) is 2. The van der Waals surface area contributed by atoms with Crippen LogP contribution in [-0.4, -0.2) is 34.6 Å². The molecule has 3 aromatic rings. The maximum Gasteiger partial charge on any atom is 0.323 e. The minimum absolute atomic E-state index is 0.0318. The van der Waals surface area contributed by atoms with E-state index in [0.717, 1.165) is 27.8 Å². The van der Waals surface area contributed by atoms with Gasteiger partial charge in [-0.2, -0.15) is 0 Å². The third-order valence-electron chi connectivity index (χ3n) is 7.01. The number of aliphatic hydroxyl groups excluding tert-OH is 1. The molecule has 0 radical (unpaired) electrons. The minimum atomic E-state index is -1.01. The molecular weight excluding hydrogens is 474 g/mol. The SMILES string of the molecule is CC(C)(C)OC(=O)[C@H](CC(O)CC(=O)C(C)(C)C)NC1(c2ccccc2)c2ccccc2-c2ccccc21. The second kappa shape index (κ2) is 10.5. The van der Waals surface area contributed by atoms with Crippen molar-refractivity contribution in [2.24, 2.45) is 5.41 Å². The van der Waals surface area contributed by atoms with Gasteiger partial charge in [-0.15, -0.1) is 0 Å². The number of carbonyl (C=O) groups excluding carboxylic acids is 2. The molecule has 5 heteroatoms. The number of ketones is 1. The maximum atomic E-state index is 13.7. The first-order valence-electron chi connectivity index (χ1n) is 13.3. The first-order chi connectivity index (χ1) is 17.8. The summed E-state index contributed by atoms with van der Waals surface area (Å²) >= 11 is 0. The van der Waals surface area contributed by atoms with Gasteiger partial charge in [-0.1, -0.05) is 99.6 Å². The second-order valence-electron chi connectivity index (χ2n) is 12.2. The van der Waals surface area contributed by atoms with Gasteiger partial charge in [0.25, 0.3) is 0 Å². The van der Waals surface area contributed by atoms with E-state index >= 15 is 0 Å². The molecule has 0 aliphatic heterocycles. The quantitative estimate of drug-likeness (QED) is 0.361. The van der Waals surface area contributed by atoms with Crippen molar-refractivity contribution < 1.29 is 19.4 Å². The van der Waals surface area contributed by atoms with Gasteiger partial charge in [0.05, 0.1) is 11.6 Å². The number of fused-ring (bicyclic) bond motifs is 3. The van der Waals surface area contributed by atoms with E-state index in [-0.39, 0.29) is 18.6 Å². The molecule has 0 bridgehead atoms. The van der Waals surface area contributed by atoms with Crippen LogP contribution in [0.4, 0.5) is 0 Å². The Morgan fingerprint density at radius 1 is 0.816 bits per heavy atom. The van der Waals surface area contributed by atoms with Crippen LogP contribution in [0.25, 0.3) is 11.1 Å². The Balaban J connectivity index is 1.83. The highest BCUT2D eigenvalue weighted by atomic mass is 16.6. The summed E-state index contributed by atoms with van der Waals surface area (Å²) in [5.74, 6) is -0.515. The smallest absolute Gasteiger partial charge is 0.323 e. The minimum Gasteiger partial charge on any atom is -0.459 e. The van der Waals surface area contributed by atoms with Crippen molar-refractivity contribution >= 4 is 11.8 Å². The van der Waals surface area contributed by atoms with Crippen molar-refractivity contribution in [1.82, 2.24) is 5.32 Å². The largest absolute Gasteiger partial charge is 0.459 e. The first-order valence-corrected chi connectivity index (χ1v) is 13.3. The molecule has 1 unspecified atom stereocenters. The van der Waals surface area contributed by atoms with Crippen molar-refractivity contribution in [3.8, 4) is 11.1 Å². The summed E-state index contributed by atoms with van der Waals surface area (Å²) < 4.78 is 5.84. The molecule has 2 N–H and O–H groups in total. The number of carbonyl (C=O) groups is 2. The maximum absolute atomic E-state index is 13.7. The summed E-state index contributed by atoms with van der Waals surface area (Å²) in [4.78, 5) is 26.4. The molecule has 4 rings (SSSR count). The van der Waals surface area contributed by atoms with Crippen LogP contribution in [0.1, 0.15) is 71.1 Å². The summed E-state index contributed by atoms with van der Waals surface area (Å²) in [5, 5.41) is 14.7. The van der Waals surface area contributed by atoms with Crippen molar-refractivity contribution in [3.63, 3.8) is 0 Å². The number of aliphatic hydroxyl groups is 1. The zero-order valence-corrected chi connectivity index (χ0v) is 23.2. The number of Topliss-reactive ketones (excluding diaryl/α,β-unsaturated/α-hetero) is 1. The Labute approximate surface area is 226 Å². The average Bonchev–Trinajstić information content (AvgIpc) is 3.13. The van der Waals surface area contributed by atoms with Crippen LogP contribution in [-0.2, 0) is 19.9 Å². The summed E-state index contributed by atoms with van der Waals surface area (Å²) in [6.07, 6.45) is -1.00. The zero-order chi connectivity index (χ0) is 27.7. The molecule has 0 fully saturated rings. The van der Waals surface area contributed by atoms with Gasteiger partial charge in [0.15, 0.2) is 0 Å². The number of nitrogens with one attached hydrogen (secondary N) is 1. The average molecular weight is 514 g/mol. The topological polar surface area (TPSA) is 75.6 Å². The van der Waals surface area contributed by atoms with Gasteiger partial charge >= 0.3 is 5.97 Å². The summed E-state index contributed by atoms with van der Waals surface area (Å²) in [6.45, 7) is 11.0. The number of hydrogen-bond acceptors (Lipinski definition) is 5. The highest BCUT2D eigenvalue weighted by Gasteiger charge is 2.47. The molecule has 0 saturated carbocycles. The third kappa shape index (κ3) is 5.59. The monoisotopic (exact) mass is 513 g/mol. The predicted octanol–water partition coefficient (Wildman–Crippen LogP) is 6.02. The lowest BCUT2D eigenvalue weighted by Crippen LogP contribution is -2.54. The summed E-state index contributed by atoms with van der Waals surface area (Å²) in [6, 6.07) is 25.6. The van der Waals surface area contributed by atoms with Crippen molar-refractivity contribution in [3.05, 3.63) is 95.6 Å². The lowest BCUT2D eigenvalue weighted by Gasteiger charge is -2.38. The number of rotatable bonds is 8. The summed E-state index contributed by atoms with van der Waals surface area (Å²) in [5.41, 5.74) is 3.06. The lowest BCUT2D eigenvalue weighted by molar-refractivity contribution is -0.159. The van der Waals surface area contributed by atoms with Crippen LogP contribution >= 0.6 is 0 Å². The highest BCUT2D eigenvalue weighted by molar-refractivity contribution is 5.85. The lowest BCUT2D eigenvalue weighted by atomic mass is 9.79. The Kier molecular flexibility index (Phi) is 7.64. The normalized spacial score (nSPS) is 15.8. The molecule has 0 spiro atoms. The fraction of sp³-hybridized carbons (Fsp3) is 0.394. The van der Waals surface area contributed by atoms with E-state index in [4.69, 9.17) is 4.74 Å². The van der Waals surface area contributed by atoms with Gasteiger partial charge in [-0.3, -0.25) is 14.9 Å². The van der Waals surface area contributed by atoms with Gasteiger partial charge < -0.3 is 9.84 Å². The van der Waals surface area contributed by atoms with Crippen LogP contribution in [0.5, 0.6) is 0 Å². The van der Waals surface area contributed by atoms with Crippen LogP contribution in [0.15, 0.2) is 78.9 Å². The van der Waals surface area contributed by atoms with E-state index in [9.17, 15) is 14.7 Å². The number of benzene rings is 3. The molecule has 0 amide bonds. The molecule has 5 nitrogen and oxygen atoms in total. The molecule has 3 aromatic carbocycles. The standard InChI is InChI=1S/C33H39NO4/c1-31(2,3)29(36)21-23(35)20-28(30(37)38-32(4,5)6)34-33(22-14-8-7-9-15-22)26-18-12-10-16-24(26)25-17-11-13-19-27(25)33/h7-19,23,28,34-35H,20-21H2,1-6H3/t23?,28-/m0/s1. The van der Waals surface area contributed by atoms with Gasteiger partial charge in [-0.25, -0.2) is 0 Å². The molecule has 0 saturated heterocycles. The van der Waals surface area contributed by atoms with Crippen LogP contribution < -0.4 is 5.32 Å². The molecule has 2 atom stereocenters. The molecule has 38 heavy (non-hydrogen) atoms. The zero-order valence-electron chi connectivity index (χ0n) is 23.2. The van der Waals surface area contributed by atoms with E-state index in [0.29, 0.717) is 0 Å². The van der Waals surface area contributed by atoms with Crippen molar-refractivity contribution in [1.29, 1.82) is 0 Å². The van der Waals surface area contributed by atoms with Gasteiger partial charge in [0.1, 0.15) is 17.4 Å². The van der Waals surface area contributed by atoms with Gasteiger partial charge in [-0.05, 0) is 55.0 Å². The highest BCUT2D eigenvalue weighted by Crippen LogP contribution is 2.51. The fourth-order valence-corrected chi connectivity index (χ4v) is 5.20. The van der Waals surface area contributed by atoms with E-state index in [1.54, 1.807) is 0 Å². The molecule has 0 heterocycles. The second-order valence-corrected chi connectivity index (χ2v) is 12.2. The molecule has 0 aromatic heterocycles. The first kappa shape index (κ1) is 27.7. The van der Waals surface area contributed by atoms with Crippen LogP contribution in [0, 0.1) is 5.41 Å². The van der Waals surface area contributed by atoms with E-state index in [1.807, 2.05) is 84.0 Å². The Bertz CT molecular complexity index is 1250. The molecule has 1 aliphatic rings. The third-order valence-corrected chi connectivity index (χ3v) is 7.01. The fourth-order valence-electron chi connectivity index (χ4n) is 5.20. The van der Waals surface area contributed by atoms with Gasteiger partial charge in [0, 0.05) is 11.8 Å². The Morgan fingerprint density at radius 2 is 1.32 bits per heavy atom. The van der Waals surface area contributed by atoms with Crippen molar-refractivity contribution in [2.75, 3.05) is 0 Å². The summed E-state index contributed by atoms with van der Waals surface area (Å²) in [7, 11) is 0. The predicted molar refractivity (Wildman–Crippen MR) is 151 cm³/mol. The van der Waals surface area contributed by atoms with Crippen molar-refractivity contribution in [2.45, 2.75) is 77.7 Å². The van der Waals surface area contributed by atoms with Crippen LogP contribution in [0.2, 0.25) is 0 Å². The Morgan fingerprint density at radius 3 is 1.82 bits per heavy atom. The van der Waals surface area contributed by atoms with E-state index in [1.165, 1.54) is 0 Å². The molecule has 1 aliphatic carbocycles. The number of ether oxygens (including phenoxy) is 1. The molecule has 200 valence electrons. The number of esters is 1.